The molecule has 0 aromatic heterocycles. The Morgan fingerprint density at radius 3 is 1.90 bits per heavy atom. The number of nitrogens with zero attached hydrogens (tertiary/aromatic N) is 2. The first-order valence-electron chi connectivity index (χ1n) is 24.5. The van der Waals surface area contributed by atoms with Gasteiger partial charge in [-0.15, -0.1) is 0 Å². The average Bonchev–Trinajstić information content (AvgIpc) is 3.32. The summed E-state index contributed by atoms with van der Waals surface area (Å²) in [5.74, 6) is -12.7. The van der Waals surface area contributed by atoms with Gasteiger partial charge in [0.1, 0.15) is 35.9 Å². The lowest BCUT2D eigenvalue weighted by Crippen LogP contribution is -2.59. The van der Waals surface area contributed by atoms with Gasteiger partial charge in [0.15, 0.2) is 5.96 Å². The van der Waals surface area contributed by atoms with Crippen LogP contribution in [0.3, 0.4) is 0 Å². The van der Waals surface area contributed by atoms with Crippen LogP contribution in [0.4, 0.5) is 0 Å². The van der Waals surface area contributed by atoms with Crippen molar-refractivity contribution >= 4 is 59.2 Å². The van der Waals surface area contributed by atoms with Crippen molar-refractivity contribution in [3.63, 3.8) is 0 Å². The van der Waals surface area contributed by atoms with E-state index in [0.29, 0.717) is 6.42 Å². The molecule has 1 aliphatic rings. The lowest BCUT2D eigenvalue weighted by molar-refractivity contribution is -0.146. The highest BCUT2D eigenvalue weighted by Gasteiger charge is 2.38. The molecule has 1 aliphatic heterocycles. The number of hydrogen-bond donors (Lipinski definition) is 10. The number of ether oxygens (including phenoxy) is 1. The fourth-order valence-corrected chi connectivity index (χ4v) is 7.75. The monoisotopic (exact) mass is 1020 g/mol. The van der Waals surface area contributed by atoms with Crippen LogP contribution in [0, 0.1) is 29.6 Å². The molecule has 0 unspecified atom stereocenters. The molecular formula is C51H78N10O12. The lowest BCUT2D eigenvalue weighted by Gasteiger charge is -2.29. The summed E-state index contributed by atoms with van der Waals surface area (Å²) in [5, 5.41) is 35.9. The number of aliphatic carboxylic acids is 2. The third-order valence-electron chi connectivity index (χ3n) is 12.3. The minimum atomic E-state index is -1.89. The maximum atomic E-state index is 14.4. The number of carbonyl (C=O) groups is 9. The zero-order chi connectivity index (χ0) is 55.1. The largest absolute Gasteiger partial charge is 0.480 e. The van der Waals surface area contributed by atoms with E-state index in [9.17, 15) is 53.4 Å². The first-order chi connectivity index (χ1) is 34.3. The van der Waals surface area contributed by atoms with Gasteiger partial charge in [-0.3, -0.25) is 38.6 Å². The van der Waals surface area contributed by atoms with E-state index in [-0.39, 0.29) is 62.0 Å². The van der Waals surface area contributed by atoms with E-state index in [1.54, 1.807) is 47.0 Å². The SMILES string of the molecule is C=C1C(=O)N[C@H](CC(C)C)C(=O)N[C@@H](CC(C)C)C(=O)N[C@@H](C(=O)O)[C@H](C)C(=O)N[C@@H](CCCN=C(N)N)C(=O)N[C@@H](/C=C/C=C/[C@H](C)[C@H](Cc2ccccc2)OC)[C@H](C)C(=O)N[C@@H](C(=O)O)CCC(=O)N1C. The zero-order valence-corrected chi connectivity index (χ0v) is 43.5. The zero-order valence-electron chi connectivity index (χ0n) is 43.5. The van der Waals surface area contributed by atoms with E-state index < -0.39 is 120 Å². The van der Waals surface area contributed by atoms with Crippen molar-refractivity contribution < 1.29 is 58.1 Å². The number of carboxylic acids is 2. The second kappa shape index (κ2) is 30.7. The molecule has 1 fully saturated rings. The van der Waals surface area contributed by atoms with Crippen LogP contribution in [-0.2, 0) is 54.3 Å². The number of likely N-dealkylation sites (N-methyl/N-ethyl adjacent to an activating group) is 1. The number of benzene rings is 1. The standard InChI is InChI=1S/C51H78N10O12/c1-28(2)25-38-47(67)59-39(26-29(3)4)48(68)60-42(50(71)72)32(7)44(64)56-36(21-16-24-54-51(52)53)46(66)55-35(20-15-14-17-30(5)40(73-10)27-34-18-12-11-13-19-34)31(6)43(63)57-37(49(69)70)22-23-41(62)61(9)33(8)45(65)58-38/h11-15,17-20,28-32,35-40,42H,8,16,21-27H2,1-7,9-10H3,(H,55,66)(H,56,64)(H,57,63)(H,58,65)(H,59,67)(H,60,68)(H,69,70)(H,71,72)(H4,52,53,54)/b17-14+,20-15+/t30-,31-,32-,35-,36-,37+,38+,39-,40-,42+/m0/s1. The molecule has 12 N–H and O–H groups in total. The van der Waals surface area contributed by atoms with Crippen molar-refractivity contribution in [1.82, 2.24) is 36.8 Å². The summed E-state index contributed by atoms with van der Waals surface area (Å²) in [6.07, 6.45) is 6.21. The van der Waals surface area contributed by atoms with Gasteiger partial charge >= 0.3 is 11.9 Å². The molecule has 10 atom stereocenters. The Bertz CT molecular complexity index is 2180. The number of aliphatic imine (C=N–C) groups is 1. The molecule has 0 radical (unpaired) electrons. The van der Waals surface area contributed by atoms with E-state index in [1.807, 2.05) is 43.3 Å². The second-order valence-electron chi connectivity index (χ2n) is 19.2. The van der Waals surface area contributed by atoms with Gasteiger partial charge in [0, 0.05) is 33.0 Å². The number of methoxy groups -OCH3 is 1. The van der Waals surface area contributed by atoms with Crippen molar-refractivity contribution in [3.8, 4) is 0 Å². The highest BCUT2D eigenvalue weighted by Crippen LogP contribution is 2.18. The van der Waals surface area contributed by atoms with Crippen molar-refractivity contribution in [3.05, 3.63) is 72.5 Å². The van der Waals surface area contributed by atoms with E-state index >= 15 is 0 Å². The summed E-state index contributed by atoms with van der Waals surface area (Å²) in [6.45, 7) is 15.4. The van der Waals surface area contributed by atoms with Crippen molar-refractivity contribution in [2.24, 2.45) is 46.0 Å². The van der Waals surface area contributed by atoms with Gasteiger partial charge < -0.3 is 63.2 Å². The van der Waals surface area contributed by atoms with Crippen LogP contribution in [0.15, 0.2) is 71.9 Å². The molecule has 0 spiro atoms. The van der Waals surface area contributed by atoms with Crippen LogP contribution in [0.2, 0.25) is 0 Å². The number of hydrogen-bond acceptors (Lipinski definition) is 11. The quantitative estimate of drug-likeness (QED) is 0.0346. The van der Waals surface area contributed by atoms with Gasteiger partial charge in [-0.2, -0.15) is 0 Å². The van der Waals surface area contributed by atoms with Crippen LogP contribution in [-0.4, -0.2) is 137 Å². The number of amides is 7. The Labute approximate surface area is 428 Å². The molecule has 1 saturated heterocycles. The number of carboxylic acid groups (broad SMARTS) is 2. The smallest absolute Gasteiger partial charge is 0.327 e. The highest BCUT2D eigenvalue weighted by atomic mass is 16.5. The summed E-state index contributed by atoms with van der Waals surface area (Å²) < 4.78 is 5.77. The summed E-state index contributed by atoms with van der Waals surface area (Å²) in [7, 11) is 2.83. The topological polar surface area (TPSA) is 343 Å². The Hall–Kier alpha value is -7.10. The summed E-state index contributed by atoms with van der Waals surface area (Å²) >= 11 is 0. The van der Waals surface area contributed by atoms with Crippen LogP contribution < -0.4 is 43.4 Å². The van der Waals surface area contributed by atoms with Crippen molar-refractivity contribution in [1.29, 1.82) is 0 Å². The molecule has 1 aromatic rings. The minimum absolute atomic E-state index is 0.00824. The predicted molar refractivity (Wildman–Crippen MR) is 274 cm³/mol. The predicted octanol–water partition coefficient (Wildman–Crippen LogP) is 1.25. The van der Waals surface area contributed by atoms with E-state index in [0.717, 1.165) is 10.5 Å². The summed E-state index contributed by atoms with van der Waals surface area (Å²) in [5.41, 5.74) is 11.7. The number of nitrogens with one attached hydrogen (secondary N) is 6. The van der Waals surface area contributed by atoms with Crippen LogP contribution in [0.1, 0.15) is 92.6 Å². The molecule has 2 rings (SSSR count). The third-order valence-corrected chi connectivity index (χ3v) is 12.3. The normalized spacial score (nSPS) is 24.9. The van der Waals surface area contributed by atoms with Crippen LogP contribution >= 0.6 is 0 Å². The molecular weight excluding hydrogens is 945 g/mol. The maximum absolute atomic E-state index is 14.4. The number of allylic oxidation sites excluding steroid dienone is 2. The van der Waals surface area contributed by atoms with E-state index in [2.05, 4.69) is 43.5 Å². The molecule has 404 valence electrons. The fourth-order valence-electron chi connectivity index (χ4n) is 7.75. The van der Waals surface area contributed by atoms with Gasteiger partial charge in [0.05, 0.1) is 24.0 Å². The van der Waals surface area contributed by atoms with Gasteiger partial charge in [-0.25, -0.2) is 9.59 Å². The Morgan fingerprint density at radius 2 is 1.34 bits per heavy atom. The fraction of sp³-hybridized carbons (Fsp3) is 0.569. The highest BCUT2D eigenvalue weighted by molar-refractivity contribution is 6.00. The summed E-state index contributed by atoms with van der Waals surface area (Å²) in [6, 6.07) is 1.01. The first-order valence-corrected chi connectivity index (χ1v) is 24.5. The van der Waals surface area contributed by atoms with E-state index in [4.69, 9.17) is 16.2 Å². The van der Waals surface area contributed by atoms with Gasteiger partial charge in [-0.05, 0) is 55.9 Å². The number of guanidine groups is 1. The Balaban J connectivity index is 2.74. The van der Waals surface area contributed by atoms with Crippen molar-refractivity contribution in [2.45, 2.75) is 136 Å². The van der Waals surface area contributed by atoms with Gasteiger partial charge in [0.25, 0.3) is 5.91 Å². The molecule has 0 aliphatic carbocycles. The minimum Gasteiger partial charge on any atom is -0.480 e. The van der Waals surface area contributed by atoms with Gasteiger partial charge in [0.2, 0.25) is 35.4 Å². The van der Waals surface area contributed by atoms with Crippen LogP contribution in [0.25, 0.3) is 0 Å². The lowest BCUT2D eigenvalue weighted by atomic mass is 9.96. The maximum Gasteiger partial charge on any atom is 0.327 e. The second-order valence-corrected chi connectivity index (χ2v) is 19.2. The molecule has 7 amide bonds. The molecule has 22 heteroatoms. The number of carbonyl (C=O) groups excluding carboxylic acids is 7. The average molecular weight is 1020 g/mol. The third kappa shape index (κ3) is 21.3. The first kappa shape index (κ1) is 62.0. The molecule has 0 saturated carbocycles. The Morgan fingerprint density at radius 1 is 0.781 bits per heavy atom. The van der Waals surface area contributed by atoms with Gasteiger partial charge in [-0.1, -0.05) is 110 Å². The van der Waals surface area contributed by atoms with Crippen LogP contribution in [0.5, 0.6) is 0 Å². The molecule has 1 aromatic carbocycles. The number of nitrogens with two attached hydrogens (primary N) is 2. The number of rotatable bonds is 17. The summed E-state index contributed by atoms with van der Waals surface area (Å²) in [4.78, 5) is 127. The molecule has 1 heterocycles. The molecule has 22 nitrogen and oxygen atoms in total. The molecule has 0 bridgehead atoms. The van der Waals surface area contributed by atoms with Crippen molar-refractivity contribution in [2.75, 3.05) is 20.7 Å². The Kier molecular flexibility index (Phi) is 26.1. The molecule has 73 heavy (non-hydrogen) atoms. The van der Waals surface area contributed by atoms with E-state index in [1.165, 1.54) is 27.0 Å².